The number of carbonyl (C=O) groups excluding carboxylic acids is 3. The lowest BCUT2D eigenvalue weighted by Crippen LogP contribution is -2.15. The third kappa shape index (κ3) is 3.84. The molecule has 0 aromatic carbocycles. The third-order valence-electron chi connectivity index (χ3n) is 2.66. The number of aryl methyl sites for hydroxylation is 1. The number of rotatable bonds is 6. The number of carbonyl (C=O) groups is 3. The largest absolute Gasteiger partial charge is 0.466 e. The van der Waals surface area contributed by atoms with Gasteiger partial charge in [-0.2, -0.15) is 0 Å². The summed E-state index contributed by atoms with van der Waals surface area (Å²) in [5.41, 5.74) is 0.171. The molecule has 0 N–H and O–H groups in total. The highest BCUT2D eigenvalue weighted by atomic mass is 16.5. The van der Waals surface area contributed by atoms with Gasteiger partial charge in [0.2, 0.25) is 5.76 Å². The lowest BCUT2D eigenvalue weighted by molar-refractivity contribution is -0.142. The minimum absolute atomic E-state index is 0.0496. The molecule has 1 aromatic rings. The average molecular weight is 298 g/mol. The van der Waals surface area contributed by atoms with Gasteiger partial charge in [0.25, 0.3) is 0 Å². The zero-order valence-corrected chi connectivity index (χ0v) is 12.5. The predicted octanol–water partition coefficient (Wildman–Crippen LogP) is 1.66. The lowest BCUT2D eigenvalue weighted by atomic mass is 10.1. The Kier molecular flexibility index (Phi) is 5.95. The summed E-state index contributed by atoms with van der Waals surface area (Å²) >= 11 is 0. The monoisotopic (exact) mass is 298 g/mol. The molecule has 0 spiro atoms. The smallest absolute Gasteiger partial charge is 0.374 e. The quantitative estimate of drug-likeness (QED) is 0.582. The van der Waals surface area contributed by atoms with Gasteiger partial charge in [0.05, 0.1) is 26.7 Å². The molecule has 0 aliphatic rings. The predicted molar refractivity (Wildman–Crippen MR) is 71.1 cm³/mol. The summed E-state index contributed by atoms with van der Waals surface area (Å²) in [6, 6.07) is 0. The van der Waals surface area contributed by atoms with Crippen molar-refractivity contribution in [1.82, 2.24) is 0 Å². The van der Waals surface area contributed by atoms with Crippen molar-refractivity contribution in [2.75, 3.05) is 20.3 Å². The average Bonchev–Trinajstić information content (AvgIpc) is 2.75. The number of furan rings is 1. The van der Waals surface area contributed by atoms with Crippen molar-refractivity contribution in [2.45, 2.75) is 27.2 Å². The van der Waals surface area contributed by atoms with E-state index in [1.807, 2.05) is 0 Å². The van der Waals surface area contributed by atoms with Gasteiger partial charge in [-0.1, -0.05) is 0 Å². The molecular weight excluding hydrogens is 280 g/mol. The first-order valence-corrected chi connectivity index (χ1v) is 6.49. The minimum Gasteiger partial charge on any atom is -0.466 e. The van der Waals surface area contributed by atoms with Crippen molar-refractivity contribution >= 4 is 17.9 Å². The molecule has 7 heteroatoms. The van der Waals surface area contributed by atoms with Crippen LogP contribution >= 0.6 is 0 Å². The number of ether oxygens (including phenoxy) is 3. The normalized spacial score (nSPS) is 10.1. The molecule has 116 valence electrons. The van der Waals surface area contributed by atoms with Crippen LogP contribution in [-0.2, 0) is 25.4 Å². The Morgan fingerprint density at radius 2 is 1.67 bits per heavy atom. The Bertz CT molecular complexity index is 542. The van der Waals surface area contributed by atoms with Crippen molar-refractivity contribution in [3.63, 3.8) is 0 Å². The molecule has 21 heavy (non-hydrogen) atoms. The van der Waals surface area contributed by atoms with Gasteiger partial charge in [0.1, 0.15) is 11.3 Å². The Balaban J connectivity index is 3.27. The zero-order chi connectivity index (χ0) is 16.0. The van der Waals surface area contributed by atoms with E-state index in [1.54, 1.807) is 13.8 Å². The van der Waals surface area contributed by atoms with E-state index in [4.69, 9.17) is 13.9 Å². The second-order valence-electron chi connectivity index (χ2n) is 4.03. The second kappa shape index (κ2) is 7.47. The fourth-order valence-electron chi connectivity index (χ4n) is 1.85. The molecule has 0 unspecified atom stereocenters. The highest BCUT2D eigenvalue weighted by Crippen LogP contribution is 2.25. The molecule has 0 aliphatic heterocycles. The van der Waals surface area contributed by atoms with Crippen LogP contribution in [0.25, 0.3) is 0 Å². The maximum atomic E-state index is 11.9. The van der Waals surface area contributed by atoms with Crippen LogP contribution in [-0.4, -0.2) is 38.2 Å². The summed E-state index contributed by atoms with van der Waals surface area (Å²) < 4.78 is 19.6. The molecule has 0 saturated heterocycles. The molecule has 1 heterocycles. The first-order valence-electron chi connectivity index (χ1n) is 6.49. The van der Waals surface area contributed by atoms with Crippen LogP contribution < -0.4 is 0 Å². The molecule has 1 rings (SSSR count). The first-order chi connectivity index (χ1) is 9.96. The van der Waals surface area contributed by atoms with E-state index >= 15 is 0 Å². The molecule has 0 aliphatic carbocycles. The van der Waals surface area contributed by atoms with Crippen LogP contribution in [0.3, 0.4) is 0 Å². The van der Waals surface area contributed by atoms with E-state index in [1.165, 1.54) is 14.0 Å². The van der Waals surface area contributed by atoms with E-state index in [9.17, 15) is 14.4 Å². The molecule has 0 fully saturated rings. The van der Waals surface area contributed by atoms with Gasteiger partial charge in [-0.3, -0.25) is 4.79 Å². The van der Waals surface area contributed by atoms with Gasteiger partial charge in [0.15, 0.2) is 0 Å². The number of hydrogen-bond donors (Lipinski definition) is 0. The minimum atomic E-state index is -0.741. The van der Waals surface area contributed by atoms with E-state index in [0.29, 0.717) is 0 Å². The maximum Gasteiger partial charge on any atom is 0.374 e. The molecule has 0 amide bonds. The molecular formula is C14H18O7. The van der Waals surface area contributed by atoms with Gasteiger partial charge in [-0.05, 0) is 20.8 Å². The molecule has 0 saturated carbocycles. The SMILES string of the molecule is CCOC(=O)Cc1c(C(=O)OCC)oc(C)c1C(=O)OC. The van der Waals surface area contributed by atoms with Gasteiger partial charge < -0.3 is 18.6 Å². The Morgan fingerprint density at radius 3 is 2.19 bits per heavy atom. The van der Waals surface area contributed by atoms with Crippen molar-refractivity contribution in [3.05, 3.63) is 22.6 Å². The number of hydrogen-bond acceptors (Lipinski definition) is 7. The molecule has 1 aromatic heterocycles. The lowest BCUT2D eigenvalue weighted by Gasteiger charge is -2.05. The van der Waals surface area contributed by atoms with Crippen LogP contribution in [0.5, 0.6) is 0 Å². The van der Waals surface area contributed by atoms with Crippen molar-refractivity contribution < 1.29 is 33.0 Å². The van der Waals surface area contributed by atoms with Gasteiger partial charge in [-0.15, -0.1) is 0 Å². The number of methoxy groups -OCH3 is 1. The number of esters is 3. The first kappa shape index (κ1) is 16.7. The van der Waals surface area contributed by atoms with Crippen LogP contribution in [0.4, 0.5) is 0 Å². The molecule has 0 bridgehead atoms. The summed E-state index contributed by atoms with van der Waals surface area (Å²) in [5.74, 6) is -2.00. The highest BCUT2D eigenvalue weighted by Gasteiger charge is 2.30. The van der Waals surface area contributed by atoms with Crippen LogP contribution in [0.2, 0.25) is 0 Å². The molecule has 0 radical (unpaired) electrons. The summed E-state index contributed by atoms with van der Waals surface area (Å²) in [6.45, 7) is 5.14. The van der Waals surface area contributed by atoms with Crippen molar-refractivity contribution in [1.29, 1.82) is 0 Å². The topological polar surface area (TPSA) is 92.0 Å². The third-order valence-corrected chi connectivity index (χ3v) is 2.66. The Labute approximate surface area is 122 Å². The van der Waals surface area contributed by atoms with Crippen LogP contribution in [0.15, 0.2) is 4.42 Å². The second-order valence-corrected chi connectivity index (χ2v) is 4.03. The fourth-order valence-corrected chi connectivity index (χ4v) is 1.85. The maximum absolute atomic E-state index is 11.9. The summed E-state index contributed by atoms with van der Waals surface area (Å²) in [6.07, 6.45) is -0.274. The zero-order valence-electron chi connectivity index (χ0n) is 12.5. The van der Waals surface area contributed by atoms with Crippen molar-refractivity contribution in [3.8, 4) is 0 Å². The molecule has 7 nitrogen and oxygen atoms in total. The summed E-state index contributed by atoms with van der Waals surface area (Å²) in [4.78, 5) is 35.3. The van der Waals surface area contributed by atoms with Gasteiger partial charge in [0, 0.05) is 5.56 Å². The fraction of sp³-hybridized carbons (Fsp3) is 0.500. The molecule has 0 atom stereocenters. The van der Waals surface area contributed by atoms with Gasteiger partial charge >= 0.3 is 17.9 Å². The van der Waals surface area contributed by atoms with E-state index < -0.39 is 17.9 Å². The van der Waals surface area contributed by atoms with E-state index in [2.05, 4.69) is 4.74 Å². The highest BCUT2D eigenvalue weighted by molar-refractivity contribution is 5.99. The Morgan fingerprint density at radius 1 is 1.05 bits per heavy atom. The van der Waals surface area contributed by atoms with Crippen molar-refractivity contribution in [2.24, 2.45) is 0 Å². The van der Waals surface area contributed by atoms with E-state index in [0.717, 1.165) is 0 Å². The standard InChI is InChI=1S/C14H18O7/c1-5-19-10(15)7-9-11(13(16)18-4)8(3)21-12(9)14(17)20-6-2/h5-7H2,1-4H3. The summed E-state index contributed by atoms with van der Waals surface area (Å²) in [7, 11) is 1.20. The summed E-state index contributed by atoms with van der Waals surface area (Å²) in [5, 5.41) is 0. The van der Waals surface area contributed by atoms with Gasteiger partial charge in [-0.25, -0.2) is 9.59 Å². The van der Waals surface area contributed by atoms with E-state index in [-0.39, 0.29) is 42.3 Å². The van der Waals surface area contributed by atoms with Crippen LogP contribution in [0.1, 0.15) is 46.1 Å². The van der Waals surface area contributed by atoms with Crippen LogP contribution in [0, 0.1) is 6.92 Å². The Hall–Kier alpha value is -2.31.